The summed E-state index contributed by atoms with van der Waals surface area (Å²) in [7, 11) is 0. The number of hydrazine groups is 1. The zero-order valence-electron chi connectivity index (χ0n) is 15.7. The minimum atomic E-state index is -0.438. The number of nitrogens with one attached hydrogen (secondary N) is 3. The molecular weight excluding hydrogens is 390 g/mol. The van der Waals surface area contributed by atoms with Crippen LogP contribution in [-0.4, -0.2) is 37.7 Å². The maximum Gasteiger partial charge on any atom is 0.239 e. The monoisotopic (exact) mass is 411 g/mol. The molecule has 1 aliphatic carbocycles. The molecule has 2 amide bonds. The number of aromatic nitrogens is 4. The highest BCUT2D eigenvalue weighted by molar-refractivity contribution is 7.08. The summed E-state index contributed by atoms with van der Waals surface area (Å²) >= 11 is 1.61. The Labute approximate surface area is 170 Å². The van der Waals surface area contributed by atoms with Gasteiger partial charge in [-0.05, 0) is 42.3 Å². The van der Waals surface area contributed by atoms with Gasteiger partial charge in [0.2, 0.25) is 11.8 Å². The number of rotatable bonds is 4. The second-order valence-electron chi connectivity index (χ2n) is 7.50. The molecule has 29 heavy (non-hydrogen) atoms. The molecule has 10 heteroatoms. The molecule has 0 spiro atoms. The van der Waals surface area contributed by atoms with Crippen LogP contribution in [0, 0.1) is 11.8 Å². The average molecular weight is 411 g/mol. The van der Waals surface area contributed by atoms with Gasteiger partial charge < -0.3 is 5.32 Å². The van der Waals surface area contributed by atoms with Crippen molar-refractivity contribution in [2.45, 2.75) is 38.3 Å². The van der Waals surface area contributed by atoms with Gasteiger partial charge in [-0.3, -0.25) is 15.0 Å². The van der Waals surface area contributed by atoms with Gasteiger partial charge in [0.1, 0.15) is 6.04 Å². The van der Waals surface area contributed by atoms with E-state index < -0.39 is 6.04 Å². The van der Waals surface area contributed by atoms with E-state index >= 15 is 0 Å². The van der Waals surface area contributed by atoms with Crippen LogP contribution >= 0.6 is 11.3 Å². The molecule has 1 saturated carbocycles. The van der Waals surface area contributed by atoms with Gasteiger partial charge in [-0.2, -0.15) is 21.0 Å². The van der Waals surface area contributed by atoms with Gasteiger partial charge >= 0.3 is 0 Å². The van der Waals surface area contributed by atoms with Gasteiger partial charge in [0, 0.05) is 16.9 Å². The number of carbonyl (C=O) groups excluding carboxylic acids is 2. The minimum absolute atomic E-state index is 0.00707. The Bertz CT molecular complexity index is 1050. The van der Waals surface area contributed by atoms with Crippen molar-refractivity contribution in [1.29, 1.82) is 0 Å². The summed E-state index contributed by atoms with van der Waals surface area (Å²) < 4.78 is 1.66. The normalized spacial score (nSPS) is 24.1. The molecule has 9 nitrogen and oxygen atoms in total. The Morgan fingerprint density at radius 2 is 2.14 bits per heavy atom. The highest BCUT2D eigenvalue weighted by Gasteiger charge is 2.42. The molecule has 2 aliphatic rings. The highest BCUT2D eigenvalue weighted by atomic mass is 32.1. The number of fused-ring (bicyclic) bond motifs is 2. The number of hydrogen-bond donors (Lipinski definition) is 3. The van der Waals surface area contributed by atoms with Crippen molar-refractivity contribution in [3.8, 4) is 11.3 Å². The predicted octanol–water partition coefficient (Wildman–Crippen LogP) is 1.28. The molecule has 3 atom stereocenters. The molecule has 0 radical (unpaired) electrons. The van der Waals surface area contributed by atoms with E-state index in [4.69, 9.17) is 0 Å². The van der Waals surface area contributed by atoms with E-state index in [0.717, 1.165) is 36.9 Å². The van der Waals surface area contributed by atoms with Crippen LogP contribution in [0.1, 0.15) is 31.5 Å². The summed E-state index contributed by atoms with van der Waals surface area (Å²) in [5.74, 6) is 0.339. The van der Waals surface area contributed by atoms with Gasteiger partial charge in [0.25, 0.3) is 0 Å². The zero-order chi connectivity index (χ0) is 19.8. The van der Waals surface area contributed by atoms with Crippen molar-refractivity contribution >= 4 is 28.8 Å². The van der Waals surface area contributed by atoms with Crippen LogP contribution in [-0.2, 0) is 16.1 Å². The summed E-state index contributed by atoms with van der Waals surface area (Å²) in [6.07, 6.45) is 3.80. The van der Waals surface area contributed by atoms with Crippen molar-refractivity contribution in [3.63, 3.8) is 0 Å². The van der Waals surface area contributed by atoms with E-state index in [1.165, 1.54) is 0 Å². The van der Waals surface area contributed by atoms with Crippen LogP contribution in [0.15, 0.2) is 29.0 Å². The number of carbonyl (C=O) groups is 2. The van der Waals surface area contributed by atoms with Crippen molar-refractivity contribution in [2.24, 2.45) is 11.8 Å². The Hall–Kier alpha value is -2.85. The fraction of sp³-hybridized carbons (Fsp3) is 0.421. The summed E-state index contributed by atoms with van der Waals surface area (Å²) in [5, 5.41) is 19.9. The Balaban J connectivity index is 1.32. The molecule has 3 aromatic heterocycles. The third-order valence-corrected chi connectivity index (χ3v) is 6.47. The van der Waals surface area contributed by atoms with Crippen molar-refractivity contribution < 1.29 is 9.59 Å². The lowest BCUT2D eigenvalue weighted by Crippen LogP contribution is -2.64. The standard InChI is InChI=1S/C19H21N7O2S/c27-18-13-4-2-1-3-12(13)17(23-24-18)19(28)20-9-16-22-21-15-6-5-14(25-26(15)16)11-7-8-29-10-11/h5-8,10,12-13,17,23H,1-4,9H2,(H,20,28)(H,24,27). The first-order valence-electron chi connectivity index (χ1n) is 9.78. The van der Waals surface area contributed by atoms with Gasteiger partial charge in [-0.25, -0.2) is 5.43 Å². The first kappa shape index (κ1) is 18.2. The molecule has 1 saturated heterocycles. The van der Waals surface area contributed by atoms with Gasteiger partial charge in [0.05, 0.1) is 12.2 Å². The lowest BCUT2D eigenvalue weighted by molar-refractivity contribution is -0.138. The third-order valence-electron chi connectivity index (χ3n) is 5.78. The van der Waals surface area contributed by atoms with Gasteiger partial charge in [-0.1, -0.05) is 12.8 Å². The van der Waals surface area contributed by atoms with Crippen molar-refractivity contribution in [2.75, 3.05) is 0 Å². The number of hydrogen-bond acceptors (Lipinski definition) is 7. The average Bonchev–Trinajstić information content (AvgIpc) is 3.42. The molecule has 3 N–H and O–H groups in total. The van der Waals surface area contributed by atoms with Gasteiger partial charge in [0.15, 0.2) is 11.5 Å². The first-order valence-corrected chi connectivity index (χ1v) is 10.7. The van der Waals surface area contributed by atoms with Crippen molar-refractivity contribution in [3.05, 3.63) is 34.8 Å². The lowest BCUT2D eigenvalue weighted by Gasteiger charge is -2.40. The summed E-state index contributed by atoms with van der Waals surface area (Å²) in [4.78, 5) is 24.9. The fourth-order valence-corrected chi connectivity index (χ4v) is 4.93. The van der Waals surface area contributed by atoms with E-state index in [1.54, 1.807) is 15.9 Å². The molecule has 3 unspecified atom stereocenters. The SMILES string of the molecule is O=C1NNC(C(=O)NCc2nnc3ccc(-c4ccsc4)nn23)C2CCCCC12. The molecule has 4 heterocycles. The number of nitrogens with zero attached hydrogens (tertiary/aromatic N) is 4. The summed E-state index contributed by atoms with van der Waals surface area (Å²) in [5.41, 5.74) is 8.05. The highest BCUT2D eigenvalue weighted by Crippen LogP contribution is 2.34. The molecule has 1 aliphatic heterocycles. The second kappa shape index (κ2) is 7.53. The Morgan fingerprint density at radius 1 is 1.24 bits per heavy atom. The molecule has 150 valence electrons. The molecule has 2 fully saturated rings. The number of amides is 2. The smallest absolute Gasteiger partial charge is 0.239 e. The molecular formula is C19H21N7O2S. The largest absolute Gasteiger partial charge is 0.347 e. The zero-order valence-corrected chi connectivity index (χ0v) is 16.5. The summed E-state index contributed by atoms with van der Waals surface area (Å²) in [6.45, 7) is 0.212. The van der Waals surface area contributed by atoms with Crippen LogP contribution in [0.3, 0.4) is 0 Å². The van der Waals surface area contributed by atoms with E-state index in [0.29, 0.717) is 11.5 Å². The third kappa shape index (κ3) is 3.38. The van der Waals surface area contributed by atoms with E-state index in [-0.39, 0.29) is 30.2 Å². The maximum atomic E-state index is 12.8. The number of thiophene rings is 1. The van der Waals surface area contributed by atoms with Crippen LogP contribution in [0.5, 0.6) is 0 Å². The lowest BCUT2D eigenvalue weighted by atomic mass is 9.73. The van der Waals surface area contributed by atoms with E-state index in [2.05, 4.69) is 31.5 Å². The molecule has 0 bridgehead atoms. The van der Waals surface area contributed by atoms with Gasteiger partial charge in [-0.15, -0.1) is 10.2 Å². The molecule has 5 rings (SSSR count). The van der Waals surface area contributed by atoms with Crippen LogP contribution < -0.4 is 16.2 Å². The molecule has 0 aromatic carbocycles. The van der Waals surface area contributed by atoms with E-state index in [1.807, 2.05) is 29.0 Å². The van der Waals surface area contributed by atoms with Crippen LogP contribution in [0.2, 0.25) is 0 Å². The summed E-state index contributed by atoms with van der Waals surface area (Å²) in [6, 6.07) is 5.34. The Morgan fingerprint density at radius 3 is 3.00 bits per heavy atom. The molecule has 3 aromatic rings. The Kier molecular flexibility index (Phi) is 4.72. The van der Waals surface area contributed by atoms with Crippen LogP contribution in [0.25, 0.3) is 16.9 Å². The second-order valence-corrected chi connectivity index (χ2v) is 8.28. The quantitative estimate of drug-likeness (QED) is 0.596. The maximum absolute atomic E-state index is 12.8. The topological polar surface area (TPSA) is 113 Å². The van der Waals surface area contributed by atoms with Crippen LogP contribution in [0.4, 0.5) is 0 Å². The predicted molar refractivity (Wildman–Crippen MR) is 106 cm³/mol. The van der Waals surface area contributed by atoms with Crippen molar-refractivity contribution in [1.82, 2.24) is 36.0 Å². The minimum Gasteiger partial charge on any atom is -0.347 e. The fourth-order valence-electron chi connectivity index (χ4n) is 4.28. The van der Waals surface area contributed by atoms with E-state index in [9.17, 15) is 9.59 Å². The first-order chi connectivity index (χ1) is 14.2.